The van der Waals surface area contributed by atoms with Crippen molar-refractivity contribution in [3.05, 3.63) is 0 Å². The zero-order valence-electron chi connectivity index (χ0n) is 9.51. The maximum atomic E-state index is 11.8. The Hall–Kier alpha value is -0.330. The molecule has 0 aromatic rings. The molecule has 6 heteroatoms. The Labute approximate surface area is 93.3 Å². The highest BCUT2D eigenvalue weighted by Gasteiger charge is 2.41. The van der Waals surface area contributed by atoms with E-state index in [4.69, 9.17) is 9.47 Å². The maximum Gasteiger partial charge on any atom is 0.389 e. The summed E-state index contributed by atoms with van der Waals surface area (Å²) in [5.74, 6) is 0. The number of halogens is 3. The minimum Gasteiger partial charge on any atom is -0.377 e. The molecule has 0 bridgehead atoms. The highest BCUT2D eigenvalue weighted by Crippen LogP contribution is 2.27. The van der Waals surface area contributed by atoms with E-state index in [-0.39, 0.29) is 31.3 Å². The van der Waals surface area contributed by atoms with Crippen LogP contribution in [0.1, 0.15) is 19.3 Å². The molecule has 1 fully saturated rings. The second kappa shape index (κ2) is 5.84. The van der Waals surface area contributed by atoms with Crippen LogP contribution in [0.25, 0.3) is 0 Å². The van der Waals surface area contributed by atoms with Gasteiger partial charge in [0.15, 0.2) is 0 Å². The number of nitrogens with one attached hydrogen (secondary N) is 1. The van der Waals surface area contributed by atoms with Crippen LogP contribution in [0.5, 0.6) is 0 Å². The smallest absolute Gasteiger partial charge is 0.377 e. The molecule has 3 unspecified atom stereocenters. The summed E-state index contributed by atoms with van der Waals surface area (Å²) in [6, 6.07) is 0.248. The molecule has 0 radical (unpaired) electrons. The van der Waals surface area contributed by atoms with Crippen LogP contribution >= 0.6 is 0 Å². The highest BCUT2D eigenvalue weighted by molar-refractivity contribution is 4.96. The van der Waals surface area contributed by atoms with Crippen molar-refractivity contribution in [2.75, 3.05) is 20.8 Å². The zero-order valence-corrected chi connectivity index (χ0v) is 9.51. The molecule has 0 aromatic heterocycles. The number of alkyl halides is 3. The first-order valence-electron chi connectivity index (χ1n) is 5.36. The van der Waals surface area contributed by atoms with Crippen LogP contribution in [0, 0.1) is 0 Å². The Kier molecular flexibility index (Phi) is 5.01. The number of methoxy groups -OCH3 is 1. The summed E-state index contributed by atoms with van der Waals surface area (Å²) in [6.07, 6.45) is -4.18. The lowest BCUT2D eigenvalue weighted by Gasteiger charge is -2.43. The lowest BCUT2D eigenvalue weighted by atomic mass is 9.85. The molecule has 0 heterocycles. The molecule has 1 saturated carbocycles. The largest absolute Gasteiger partial charge is 0.389 e. The average Bonchev–Trinajstić information content (AvgIpc) is 2.14. The highest BCUT2D eigenvalue weighted by atomic mass is 19.4. The Morgan fingerprint density at radius 2 is 2.06 bits per heavy atom. The van der Waals surface area contributed by atoms with E-state index < -0.39 is 12.6 Å². The van der Waals surface area contributed by atoms with Crippen molar-refractivity contribution in [3.8, 4) is 0 Å². The summed E-state index contributed by atoms with van der Waals surface area (Å²) < 4.78 is 46.1. The number of rotatable bonds is 6. The standard InChI is InChI=1S/C10H18F3NO2/c1-14-7-6-8(9(7)15-2)16-5-3-4-10(11,12)13/h7-9,14H,3-6H2,1-2H3. The van der Waals surface area contributed by atoms with Gasteiger partial charge < -0.3 is 14.8 Å². The molecule has 0 aliphatic heterocycles. The lowest BCUT2D eigenvalue weighted by molar-refractivity contribution is -0.152. The van der Waals surface area contributed by atoms with Crippen LogP contribution in [0.4, 0.5) is 13.2 Å². The molecule has 1 rings (SSSR count). The number of likely N-dealkylation sites (N-methyl/N-ethyl adjacent to an activating group) is 1. The van der Waals surface area contributed by atoms with Crippen LogP contribution in [0.15, 0.2) is 0 Å². The van der Waals surface area contributed by atoms with Crippen LogP contribution in [-0.2, 0) is 9.47 Å². The van der Waals surface area contributed by atoms with Gasteiger partial charge in [0, 0.05) is 26.2 Å². The van der Waals surface area contributed by atoms with E-state index in [0.29, 0.717) is 0 Å². The topological polar surface area (TPSA) is 30.5 Å². The van der Waals surface area contributed by atoms with E-state index in [1.807, 2.05) is 7.05 Å². The first-order valence-corrected chi connectivity index (χ1v) is 5.36. The maximum absolute atomic E-state index is 11.8. The molecule has 0 amide bonds. The van der Waals surface area contributed by atoms with Crippen molar-refractivity contribution < 1.29 is 22.6 Å². The van der Waals surface area contributed by atoms with E-state index >= 15 is 0 Å². The van der Waals surface area contributed by atoms with Crippen LogP contribution in [-0.4, -0.2) is 45.2 Å². The second-order valence-corrected chi connectivity index (χ2v) is 3.96. The summed E-state index contributed by atoms with van der Waals surface area (Å²) in [5.41, 5.74) is 0. The van der Waals surface area contributed by atoms with Gasteiger partial charge in [-0.15, -0.1) is 0 Å². The van der Waals surface area contributed by atoms with Crippen LogP contribution < -0.4 is 5.32 Å². The molecule has 0 aromatic carbocycles. The Bertz CT molecular complexity index is 211. The Morgan fingerprint density at radius 1 is 1.38 bits per heavy atom. The summed E-state index contributed by atoms with van der Waals surface area (Å²) >= 11 is 0. The minimum atomic E-state index is -4.09. The van der Waals surface area contributed by atoms with Crippen molar-refractivity contribution in [3.63, 3.8) is 0 Å². The van der Waals surface area contributed by atoms with Crippen molar-refractivity contribution in [2.45, 2.75) is 43.7 Å². The van der Waals surface area contributed by atoms with Crippen molar-refractivity contribution in [1.82, 2.24) is 5.32 Å². The van der Waals surface area contributed by atoms with Crippen molar-refractivity contribution >= 4 is 0 Å². The normalized spacial score (nSPS) is 30.2. The molecule has 3 nitrogen and oxygen atoms in total. The second-order valence-electron chi connectivity index (χ2n) is 3.96. The van der Waals surface area contributed by atoms with E-state index in [1.54, 1.807) is 7.11 Å². The SMILES string of the molecule is CNC1CC(OCCCC(F)(F)F)C1OC. The van der Waals surface area contributed by atoms with E-state index in [0.717, 1.165) is 6.42 Å². The number of hydrogen-bond donors (Lipinski definition) is 1. The van der Waals surface area contributed by atoms with Crippen LogP contribution in [0.2, 0.25) is 0 Å². The van der Waals surface area contributed by atoms with Crippen LogP contribution in [0.3, 0.4) is 0 Å². The van der Waals surface area contributed by atoms with Crippen molar-refractivity contribution in [1.29, 1.82) is 0 Å². The van der Waals surface area contributed by atoms with Gasteiger partial charge in [-0.1, -0.05) is 0 Å². The summed E-state index contributed by atoms with van der Waals surface area (Å²) in [7, 11) is 3.41. The third-order valence-electron chi connectivity index (χ3n) is 2.83. The first kappa shape index (κ1) is 13.7. The molecule has 3 atom stereocenters. The summed E-state index contributed by atoms with van der Waals surface area (Å²) in [5, 5.41) is 3.06. The fourth-order valence-corrected chi connectivity index (χ4v) is 1.85. The first-order chi connectivity index (χ1) is 7.48. The molecule has 0 saturated heterocycles. The lowest BCUT2D eigenvalue weighted by Crippen LogP contribution is -2.58. The third kappa shape index (κ3) is 3.92. The van der Waals surface area contributed by atoms with Gasteiger partial charge in [0.2, 0.25) is 0 Å². The molecule has 0 spiro atoms. The van der Waals surface area contributed by atoms with Gasteiger partial charge in [0.25, 0.3) is 0 Å². The average molecular weight is 241 g/mol. The minimum absolute atomic E-state index is 0.0145. The van der Waals surface area contributed by atoms with E-state index in [9.17, 15) is 13.2 Å². The van der Waals surface area contributed by atoms with Gasteiger partial charge in [0.05, 0.1) is 12.2 Å². The van der Waals surface area contributed by atoms with Gasteiger partial charge in [-0.25, -0.2) is 0 Å². The summed E-state index contributed by atoms with van der Waals surface area (Å²) in [4.78, 5) is 0. The fourth-order valence-electron chi connectivity index (χ4n) is 1.85. The molecular formula is C10H18F3NO2. The predicted molar refractivity (Wildman–Crippen MR) is 53.3 cm³/mol. The van der Waals surface area contributed by atoms with E-state index in [1.165, 1.54) is 0 Å². The van der Waals surface area contributed by atoms with Gasteiger partial charge in [0.1, 0.15) is 0 Å². The monoisotopic (exact) mass is 241 g/mol. The van der Waals surface area contributed by atoms with Gasteiger partial charge in [-0.3, -0.25) is 0 Å². The Balaban J connectivity index is 2.11. The van der Waals surface area contributed by atoms with Gasteiger partial charge in [-0.05, 0) is 19.9 Å². The molecule has 1 aliphatic carbocycles. The predicted octanol–water partition coefficient (Wildman–Crippen LogP) is 1.72. The molecule has 96 valence electrons. The van der Waals surface area contributed by atoms with Gasteiger partial charge in [-0.2, -0.15) is 13.2 Å². The molecule has 1 aliphatic rings. The molecule has 16 heavy (non-hydrogen) atoms. The Morgan fingerprint density at radius 3 is 2.56 bits per heavy atom. The fraction of sp³-hybridized carbons (Fsp3) is 1.00. The molecular weight excluding hydrogens is 223 g/mol. The van der Waals surface area contributed by atoms with E-state index in [2.05, 4.69) is 5.32 Å². The number of hydrogen-bond acceptors (Lipinski definition) is 3. The zero-order chi connectivity index (χ0) is 12.2. The third-order valence-corrected chi connectivity index (χ3v) is 2.83. The summed E-state index contributed by atoms with van der Waals surface area (Å²) in [6.45, 7) is 0.139. The molecule has 1 N–H and O–H groups in total. The quantitative estimate of drug-likeness (QED) is 0.718. The van der Waals surface area contributed by atoms with Crippen molar-refractivity contribution in [2.24, 2.45) is 0 Å². The van der Waals surface area contributed by atoms with Gasteiger partial charge >= 0.3 is 6.18 Å². The number of ether oxygens (including phenoxy) is 2.